The first kappa shape index (κ1) is 19.2. The molecule has 2 N–H and O–H groups in total. The molecule has 1 atom stereocenters. The molecule has 0 radical (unpaired) electrons. The van der Waals surface area contributed by atoms with Gasteiger partial charge >= 0.3 is 5.97 Å². The molecule has 138 valence electrons. The van der Waals surface area contributed by atoms with E-state index in [1.165, 1.54) is 0 Å². The number of carbonyl (C=O) groups excluding carboxylic acids is 2. The van der Waals surface area contributed by atoms with Crippen molar-refractivity contribution in [2.24, 2.45) is 11.0 Å². The van der Waals surface area contributed by atoms with E-state index in [9.17, 15) is 18.0 Å². The highest BCUT2D eigenvalue weighted by Gasteiger charge is 2.33. The SMILES string of the molecule is CCOC(=O)c1c(C)[nH]c(/C(C)=N/NC(=O)[C@H]2CCS(=O)(=O)C2)c1C. The van der Waals surface area contributed by atoms with E-state index in [1.807, 2.05) is 0 Å². The van der Waals surface area contributed by atoms with E-state index in [4.69, 9.17) is 4.74 Å². The van der Waals surface area contributed by atoms with Gasteiger partial charge in [-0.1, -0.05) is 0 Å². The Bertz CT molecular complexity index is 823. The highest BCUT2D eigenvalue weighted by Crippen LogP contribution is 2.20. The quantitative estimate of drug-likeness (QED) is 0.457. The molecule has 0 unspecified atom stereocenters. The molecule has 0 bridgehead atoms. The molecule has 8 nitrogen and oxygen atoms in total. The summed E-state index contributed by atoms with van der Waals surface area (Å²) in [6.07, 6.45) is 0.316. The topological polar surface area (TPSA) is 118 Å². The number of sulfone groups is 1. The van der Waals surface area contributed by atoms with Gasteiger partial charge in [-0.3, -0.25) is 4.79 Å². The number of hydrogen-bond acceptors (Lipinski definition) is 6. The van der Waals surface area contributed by atoms with Crippen molar-refractivity contribution in [3.63, 3.8) is 0 Å². The van der Waals surface area contributed by atoms with Gasteiger partial charge in [-0.2, -0.15) is 5.10 Å². The van der Waals surface area contributed by atoms with Crippen LogP contribution >= 0.6 is 0 Å². The van der Waals surface area contributed by atoms with Crippen LogP contribution in [0.3, 0.4) is 0 Å². The molecular weight excluding hydrogens is 346 g/mol. The lowest BCUT2D eigenvalue weighted by Gasteiger charge is -2.07. The van der Waals surface area contributed by atoms with Crippen molar-refractivity contribution in [1.82, 2.24) is 10.4 Å². The van der Waals surface area contributed by atoms with Crippen LogP contribution in [-0.2, 0) is 19.4 Å². The van der Waals surface area contributed by atoms with Crippen LogP contribution in [0.5, 0.6) is 0 Å². The van der Waals surface area contributed by atoms with Crippen LogP contribution < -0.4 is 5.43 Å². The van der Waals surface area contributed by atoms with Crippen LogP contribution in [-0.4, -0.2) is 49.1 Å². The van der Waals surface area contributed by atoms with E-state index in [2.05, 4.69) is 15.5 Å². The number of rotatable bonds is 5. The first-order valence-corrected chi connectivity index (χ1v) is 9.89. The third-order valence-electron chi connectivity index (χ3n) is 4.22. The predicted molar refractivity (Wildman–Crippen MR) is 93.3 cm³/mol. The zero-order valence-corrected chi connectivity index (χ0v) is 15.6. The van der Waals surface area contributed by atoms with Gasteiger partial charge in [-0.05, 0) is 39.7 Å². The van der Waals surface area contributed by atoms with Crippen LogP contribution in [0.4, 0.5) is 0 Å². The van der Waals surface area contributed by atoms with Crippen molar-refractivity contribution in [1.29, 1.82) is 0 Å². The molecule has 1 aliphatic rings. The molecule has 25 heavy (non-hydrogen) atoms. The average molecular weight is 369 g/mol. The zero-order chi connectivity index (χ0) is 18.8. The van der Waals surface area contributed by atoms with Gasteiger partial charge in [0, 0.05) is 5.69 Å². The number of ether oxygens (including phenoxy) is 1. The molecule has 1 amide bonds. The van der Waals surface area contributed by atoms with E-state index in [0.29, 0.717) is 34.6 Å². The van der Waals surface area contributed by atoms with Crippen molar-refractivity contribution < 1.29 is 22.7 Å². The molecule has 0 saturated carbocycles. The second-order valence-electron chi connectivity index (χ2n) is 6.12. The molecule has 2 heterocycles. The summed E-state index contributed by atoms with van der Waals surface area (Å²) in [6, 6.07) is 0. The Morgan fingerprint density at radius 2 is 2.04 bits per heavy atom. The normalized spacial score (nSPS) is 19.7. The van der Waals surface area contributed by atoms with Crippen LogP contribution in [0.2, 0.25) is 0 Å². The molecule has 1 aromatic heterocycles. The fourth-order valence-electron chi connectivity index (χ4n) is 2.91. The average Bonchev–Trinajstić information content (AvgIpc) is 3.04. The second kappa shape index (κ2) is 7.38. The standard InChI is InChI=1S/C16H23N3O5S/c1-5-24-16(21)13-9(2)14(17-10(13)3)11(4)18-19-15(20)12-6-7-25(22,23)8-12/h12,17H,5-8H2,1-4H3,(H,19,20)/b18-11+/t12-/m0/s1. The van der Waals surface area contributed by atoms with E-state index in [-0.39, 0.29) is 18.1 Å². The number of amides is 1. The lowest BCUT2D eigenvalue weighted by molar-refractivity contribution is -0.124. The van der Waals surface area contributed by atoms with E-state index in [0.717, 1.165) is 0 Å². The van der Waals surface area contributed by atoms with Crippen LogP contribution in [0.1, 0.15) is 47.6 Å². The van der Waals surface area contributed by atoms with Crippen molar-refractivity contribution in [2.75, 3.05) is 18.1 Å². The summed E-state index contributed by atoms with van der Waals surface area (Å²) in [7, 11) is -3.12. The van der Waals surface area contributed by atoms with Crippen LogP contribution in [0.15, 0.2) is 5.10 Å². The number of aryl methyl sites for hydroxylation is 1. The third kappa shape index (κ3) is 4.28. The Kier molecular flexibility index (Phi) is 5.66. The molecule has 0 aliphatic carbocycles. The fourth-order valence-corrected chi connectivity index (χ4v) is 4.65. The van der Waals surface area contributed by atoms with Gasteiger partial charge < -0.3 is 9.72 Å². The maximum atomic E-state index is 12.1. The molecule has 1 aliphatic heterocycles. The Labute approximate surface area is 146 Å². The second-order valence-corrected chi connectivity index (χ2v) is 8.35. The maximum absolute atomic E-state index is 12.1. The number of hydrogen-bond donors (Lipinski definition) is 2. The molecule has 1 saturated heterocycles. The minimum absolute atomic E-state index is 0.0333. The van der Waals surface area contributed by atoms with E-state index >= 15 is 0 Å². The number of aromatic nitrogens is 1. The van der Waals surface area contributed by atoms with Gasteiger partial charge in [0.1, 0.15) is 0 Å². The van der Waals surface area contributed by atoms with Crippen molar-refractivity contribution in [3.8, 4) is 0 Å². The third-order valence-corrected chi connectivity index (χ3v) is 5.98. The Morgan fingerprint density at radius 1 is 1.36 bits per heavy atom. The van der Waals surface area contributed by atoms with E-state index < -0.39 is 27.6 Å². The zero-order valence-electron chi connectivity index (χ0n) is 14.8. The fraction of sp³-hybridized carbons (Fsp3) is 0.562. The first-order valence-electron chi connectivity index (χ1n) is 8.07. The Morgan fingerprint density at radius 3 is 2.60 bits per heavy atom. The maximum Gasteiger partial charge on any atom is 0.340 e. The summed E-state index contributed by atoms with van der Waals surface area (Å²) >= 11 is 0. The minimum atomic E-state index is -3.12. The van der Waals surface area contributed by atoms with Crippen molar-refractivity contribution in [3.05, 3.63) is 22.5 Å². The highest BCUT2D eigenvalue weighted by atomic mass is 32.2. The molecule has 0 spiro atoms. The van der Waals surface area contributed by atoms with Gasteiger partial charge in [-0.25, -0.2) is 18.6 Å². The van der Waals surface area contributed by atoms with Gasteiger partial charge in [0.15, 0.2) is 9.84 Å². The summed E-state index contributed by atoms with van der Waals surface area (Å²) in [5.74, 6) is -1.49. The van der Waals surface area contributed by atoms with Gasteiger partial charge in [0.05, 0.1) is 41.0 Å². The molecular formula is C16H23N3O5S. The predicted octanol–water partition coefficient (Wildman–Crippen LogP) is 1.08. The Hall–Kier alpha value is -2.16. The number of aromatic amines is 1. The smallest absolute Gasteiger partial charge is 0.340 e. The number of hydrazone groups is 1. The number of nitrogens with zero attached hydrogens (tertiary/aromatic N) is 1. The summed E-state index contributed by atoms with van der Waals surface area (Å²) in [6.45, 7) is 7.25. The van der Waals surface area contributed by atoms with Gasteiger partial charge in [0.2, 0.25) is 5.91 Å². The van der Waals surface area contributed by atoms with Crippen LogP contribution in [0, 0.1) is 19.8 Å². The lowest BCUT2D eigenvalue weighted by atomic mass is 10.1. The summed E-state index contributed by atoms with van der Waals surface area (Å²) in [4.78, 5) is 27.1. The number of esters is 1. The molecule has 1 aromatic rings. The summed E-state index contributed by atoms with van der Waals surface area (Å²) in [5.41, 5.74) is 5.34. The lowest BCUT2D eigenvalue weighted by Crippen LogP contribution is -2.28. The molecule has 1 fully saturated rings. The highest BCUT2D eigenvalue weighted by molar-refractivity contribution is 7.91. The minimum Gasteiger partial charge on any atom is -0.462 e. The largest absolute Gasteiger partial charge is 0.462 e. The Balaban J connectivity index is 2.14. The number of nitrogens with one attached hydrogen (secondary N) is 2. The molecule has 2 rings (SSSR count). The summed E-state index contributed by atoms with van der Waals surface area (Å²) in [5, 5.41) is 4.05. The summed E-state index contributed by atoms with van der Waals surface area (Å²) < 4.78 is 27.9. The number of carbonyl (C=O) groups is 2. The van der Waals surface area contributed by atoms with Crippen molar-refractivity contribution >= 4 is 27.4 Å². The molecule has 0 aromatic carbocycles. The number of H-pyrrole nitrogens is 1. The van der Waals surface area contributed by atoms with Crippen molar-refractivity contribution in [2.45, 2.75) is 34.1 Å². The van der Waals surface area contributed by atoms with E-state index in [1.54, 1.807) is 27.7 Å². The van der Waals surface area contributed by atoms with Gasteiger partial charge in [-0.15, -0.1) is 0 Å². The van der Waals surface area contributed by atoms with Crippen LogP contribution in [0.25, 0.3) is 0 Å². The monoisotopic (exact) mass is 369 g/mol. The van der Waals surface area contributed by atoms with Gasteiger partial charge in [0.25, 0.3) is 0 Å². The first-order chi connectivity index (χ1) is 11.7. The molecule has 9 heteroatoms.